The quantitative estimate of drug-likeness (QED) is 0.318. The Labute approximate surface area is 186 Å². The topological polar surface area (TPSA) is 106 Å². The molecule has 8 heteroatoms. The summed E-state index contributed by atoms with van der Waals surface area (Å²) in [5.41, 5.74) is 8.53. The summed E-state index contributed by atoms with van der Waals surface area (Å²) in [6.07, 6.45) is 1.42. The van der Waals surface area contributed by atoms with Crippen molar-refractivity contribution in [1.82, 2.24) is 15.5 Å². The minimum Gasteiger partial charge on any atom is -0.430 e. The largest absolute Gasteiger partial charge is 0.430 e. The summed E-state index contributed by atoms with van der Waals surface area (Å²) in [4.78, 5) is 26.0. The third-order valence-electron chi connectivity index (χ3n) is 5.00. The van der Waals surface area contributed by atoms with Gasteiger partial charge >= 0.3 is 12.2 Å². The highest BCUT2D eigenvalue weighted by molar-refractivity contribution is 5.67. The van der Waals surface area contributed by atoms with Gasteiger partial charge in [0.05, 0.1) is 0 Å². The van der Waals surface area contributed by atoms with E-state index in [-0.39, 0.29) is 6.04 Å². The molecule has 1 aromatic carbocycles. The first-order valence-electron chi connectivity index (χ1n) is 11.2. The van der Waals surface area contributed by atoms with E-state index in [4.69, 9.17) is 15.2 Å². The number of amides is 2. The van der Waals surface area contributed by atoms with Crippen molar-refractivity contribution in [2.24, 2.45) is 5.73 Å². The number of carbonyl (C=O) groups excluding carboxylic acids is 2. The van der Waals surface area contributed by atoms with E-state index in [1.807, 2.05) is 31.2 Å². The van der Waals surface area contributed by atoms with E-state index in [1.165, 1.54) is 0 Å². The molecule has 0 aliphatic carbocycles. The number of nitrogens with two attached hydrogens (primary N) is 1. The Balaban J connectivity index is 2.82. The number of aryl methyl sites for hydroxylation is 1. The molecule has 3 atom stereocenters. The molecule has 8 nitrogen and oxygen atoms in total. The highest BCUT2D eigenvalue weighted by Crippen LogP contribution is 2.18. The molecule has 2 amide bonds. The number of rotatable bonds is 13. The van der Waals surface area contributed by atoms with Gasteiger partial charge in [-0.25, -0.2) is 14.5 Å². The Hall–Kier alpha value is -2.32. The fourth-order valence-corrected chi connectivity index (χ4v) is 3.00. The number of alkyl carbamates (subject to hydrolysis) is 2. The van der Waals surface area contributed by atoms with E-state index < -0.39 is 24.6 Å². The molecule has 0 aromatic heterocycles. The molecule has 31 heavy (non-hydrogen) atoms. The van der Waals surface area contributed by atoms with Crippen molar-refractivity contribution < 1.29 is 19.1 Å². The highest BCUT2D eigenvalue weighted by atomic mass is 16.6. The Morgan fingerprint density at radius 2 is 1.39 bits per heavy atom. The van der Waals surface area contributed by atoms with Crippen LogP contribution in [0.3, 0.4) is 0 Å². The van der Waals surface area contributed by atoms with Crippen molar-refractivity contribution >= 4 is 12.2 Å². The van der Waals surface area contributed by atoms with E-state index in [9.17, 15) is 9.59 Å². The molecule has 4 N–H and O–H groups in total. The lowest BCUT2D eigenvalue weighted by Gasteiger charge is -2.35. The predicted octanol–water partition coefficient (Wildman–Crippen LogP) is 4.04. The minimum absolute atomic E-state index is 0.343. The number of nitrogens with one attached hydrogen (secondary N) is 2. The summed E-state index contributed by atoms with van der Waals surface area (Å²) in [6.45, 7) is 11.1. The van der Waals surface area contributed by atoms with Crippen molar-refractivity contribution in [3.8, 4) is 0 Å². The molecule has 0 bridgehead atoms. The first kappa shape index (κ1) is 26.7. The monoisotopic (exact) mass is 436 g/mol. The average molecular weight is 437 g/mol. The zero-order valence-corrected chi connectivity index (χ0v) is 19.6. The number of hydrogen-bond acceptors (Lipinski definition) is 6. The molecule has 0 spiro atoms. The Morgan fingerprint density at radius 1 is 0.935 bits per heavy atom. The van der Waals surface area contributed by atoms with E-state index in [0.717, 1.165) is 36.8 Å². The van der Waals surface area contributed by atoms with Gasteiger partial charge in [-0.3, -0.25) is 0 Å². The molecule has 0 fully saturated rings. The smallest absolute Gasteiger partial charge is 0.408 e. The molecule has 0 aliphatic heterocycles. The molecule has 0 aliphatic rings. The van der Waals surface area contributed by atoms with Gasteiger partial charge in [0.15, 0.2) is 12.5 Å². The Kier molecular flexibility index (Phi) is 12.6. The molecule has 1 rings (SSSR count). The van der Waals surface area contributed by atoms with Crippen molar-refractivity contribution in [3.63, 3.8) is 0 Å². The predicted molar refractivity (Wildman–Crippen MR) is 123 cm³/mol. The van der Waals surface area contributed by atoms with Crippen molar-refractivity contribution in [2.75, 3.05) is 19.6 Å². The van der Waals surface area contributed by atoms with Crippen LogP contribution >= 0.6 is 0 Å². The zero-order chi connectivity index (χ0) is 23.2. The van der Waals surface area contributed by atoms with Crippen LogP contribution in [0.1, 0.15) is 70.5 Å². The van der Waals surface area contributed by atoms with Gasteiger partial charge in [0.25, 0.3) is 0 Å². The van der Waals surface area contributed by atoms with E-state index in [2.05, 4.69) is 24.5 Å². The van der Waals surface area contributed by atoms with Crippen LogP contribution in [0.2, 0.25) is 0 Å². The maximum atomic E-state index is 12.1. The third kappa shape index (κ3) is 10.5. The maximum Gasteiger partial charge on any atom is 0.408 e. The van der Waals surface area contributed by atoms with Gasteiger partial charge in [-0.05, 0) is 39.2 Å². The third-order valence-corrected chi connectivity index (χ3v) is 5.00. The molecule has 0 saturated carbocycles. The van der Waals surface area contributed by atoms with Crippen molar-refractivity contribution in [3.05, 3.63) is 35.4 Å². The number of carbonyl (C=O) groups is 2. The van der Waals surface area contributed by atoms with Crippen LogP contribution in [0.5, 0.6) is 0 Å². The van der Waals surface area contributed by atoms with Crippen LogP contribution in [0.25, 0.3) is 0 Å². The zero-order valence-electron chi connectivity index (χ0n) is 19.6. The summed E-state index contributed by atoms with van der Waals surface area (Å²) in [5.74, 6) is 0. The second-order valence-electron chi connectivity index (χ2n) is 7.78. The van der Waals surface area contributed by atoms with Crippen LogP contribution in [0.4, 0.5) is 9.59 Å². The average Bonchev–Trinajstić information content (AvgIpc) is 2.72. The number of unbranched alkanes of at least 4 members (excludes halogenated alkanes) is 2. The summed E-state index contributed by atoms with van der Waals surface area (Å²) < 4.78 is 11.0. The Morgan fingerprint density at radius 3 is 1.81 bits per heavy atom. The van der Waals surface area contributed by atoms with Crippen LogP contribution in [-0.2, 0) is 9.47 Å². The fraction of sp³-hybridized carbons (Fsp3) is 0.652. The lowest BCUT2D eigenvalue weighted by atomic mass is 10.1. The number of benzene rings is 1. The van der Waals surface area contributed by atoms with E-state index in [1.54, 1.807) is 18.7 Å². The first-order valence-corrected chi connectivity index (χ1v) is 11.2. The molecule has 0 saturated heterocycles. The summed E-state index contributed by atoms with van der Waals surface area (Å²) in [5, 5.41) is 5.47. The molecule has 1 aromatic rings. The Bertz CT molecular complexity index is 623. The molecule has 3 unspecified atom stereocenters. The lowest BCUT2D eigenvalue weighted by Crippen LogP contribution is -2.49. The second-order valence-corrected chi connectivity index (χ2v) is 7.78. The summed E-state index contributed by atoms with van der Waals surface area (Å²) >= 11 is 0. The maximum absolute atomic E-state index is 12.1. The molecular weight excluding hydrogens is 396 g/mol. The minimum atomic E-state index is -0.642. The first-order chi connectivity index (χ1) is 14.8. The van der Waals surface area contributed by atoms with Gasteiger partial charge in [-0.2, -0.15) is 0 Å². The number of hydrogen-bond donors (Lipinski definition) is 3. The molecule has 176 valence electrons. The van der Waals surface area contributed by atoms with Crippen LogP contribution < -0.4 is 16.4 Å². The number of ether oxygens (including phenoxy) is 2. The standard InChI is InChI=1S/C23H40N4O4/c1-6-8-14-25-22(28)30-18(4)27(19(5)31-23(29)26-15-9-7-2)16-21(24)20-12-10-17(3)11-13-20/h10-13,18-19,21H,6-9,14-16,24H2,1-5H3,(H,25,28)(H,26,29). The molecule has 0 radical (unpaired) electrons. The fourth-order valence-electron chi connectivity index (χ4n) is 3.00. The van der Waals surface area contributed by atoms with Crippen molar-refractivity contribution in [2.45, 2.75) is 78.8 Å². The summed E-state index contributed by atoms with van der Waals surface area (Å²) in [6, 6.07) is 7.61. The van der Waals surface area contributed by atoms with E-state index in [0.29, 0.717) is 19.6 Å². The van der Waals surface area contributed by atoms with E-state index >= 15 is 0 Å². The lowest BCUT2D eigenvalue weighted by molar-refractivity contribution is -0.0940. The highest BCUT2D eigenvalue weighted by Gasteiger charge is 2.28. The van der Waals surface area contributed by atoms with Gasteiger partial charge in [-0.1, -0.05) is 56.5 Å². The van der Waals surface area contributed by atoms with Gasteiger partial charge in [0.1, 0.15) is 0 Å². The van der Waals surface area contributed by atoms with Gasteiger partial charge in [0, 0.05) is 25.7 Å². The van der Waals surface area contributed by atoms with Crippen molar-refractivity contribution in [1.29, 1.82) is 0 Å². The van der Waals surface area contributed by atoms with Crippen LogP contribution in [0, 0.1) is 6.92 Å². The van der Waals surface area contributed by atoms with Crippen LogP contribution in [0.15, 0.2) is 24.3 Å². The molecular formula is C23H40N4O4. The SMILES string of the molecule is CCCCNC(=O)OC(C)N(CC(N)c1ccc(C)cc1)C(C)OC(=O)NCCCC. The van der Waals surface area contributed by atoms with Crippen LogP contribution in [-0.4, -0.2) is 49.2 Å². The molecule has 0 heterocycles. The second kappa shape index (κ2) is 14.6. The van der Waals surface area contributed by atoms with Gasteiger partial charge in [0.2, 0.25) is 0 Å². The summed E-state index contributed by atoms with van der Waals surface area (Å²) in [7, 11) is 0. The van der Waals surface area contributed by atoms with Gasteiger partial charge < -0.3 is 25.8 Å². The normalized spacial score (nSPS) is 13.9. The van der Waals surface area contributed by atoms with Gasteiger partial charge in [-0.15, -0.1) is 0 Å². The number of nitrogens with zero attached hydrogens (tertiary/aromatic N) is 1.